The second kappa shape index (κ2) is 12.3. The maximum absolute atomic E-state index is 13.6. The van der Waals surface area contributed by atoms with Crippen LogP contribution in [0, 0.1) is 11.8 Å². The van der Waals surface area contributed by atoms with Crippen molar-refractivity contribution in [3.63, 3.8) is 0 Å². The smallest absolute Gasteiger partial charge is 0.310 e. The normalized spacial score (nSPS) is 22.6. The summed E-state index contributed by atoms with van der Waals surface area (Å²) in [6.07, 6.45) is 3.35. The quantitative estimate of drug-likeness (QED) is 0.505. The van der Waals surface area contributed by atoms with Crippen molar-refractivity contribution in [1.82, 2.24) is 9.80 Å². The molecule has 0 aromatic heterocycles. The standard InChI is InChI=1S/C29H38N2O5/c1-4-36-29(33)24-11-8-14-30(20-24)28(32)23-12-13-27(22-9-6-5-7-10-22)31(19-23)18-21-15-25(34-2)17-26(16-21)35-3/h5-7,9-10,15-17,23-24,27H,4,8,11-14,18-20H2,1-3H3. The van der Waals surface area contributed by atoms with E-state index in [9.17, 15) is 9.59 Å². The number of hydrogen-bond acceptors (Lipinski definition) is 6. The van der Waals surface area contributed by atoms with E-state index in [1.54, 1.807) is 14.2 Å². The predicted octanol–water partition coefficient (Wildman–Crippen LogP) is 4.46. The second-order valence-electron chi connectivity index (χ2n) is 9.73. The number of benzene rings is 2. The zero-order chi connectivity index (χ0) is 25.5. The van der Waals surface area contributed by atoms with Crippen molar-refractivity contribution >= 4 is 11.9 Å². The molecule has 2 fully saturated rings. The van der Waals surface area contributed by atoms with Gasteiger partial charge in [-0.15, -0.1) is 0 Å². The van der Waals surface area contributed by atoms with Gasteiger partial charge in [0.1, 0.15) is 11.5 Å². The summed E-state index contributed by atoms with van der Waals surface area (Å²) in [6.45, 7) is 4.71. The molecule has 0 radical (unpaired) electrons. The zero-order valence-electron chi connectivity index (χ0n) is 21.7. The van der Waals surface area contributed by atoms with Gasteiger partial charge < -0.3 is 19.1 Å². The molecule has 0 saturated carbocycles. The van der Waals surface area contributed by atoms with Crippen molar-refractivity contribution < 1.29 is 23.8 Å². The first-order valence-electron chi connectivity index (χ1n) is 13.0. The van der Waals surface area contributed by atoms with E-state index in [0.717, 1.165) is 42.7 Å². The topological polar surface area (TPSA) is 68.3 Å². The molecular weight excluding hydrogens is 456 g/mol. The monoisotopic (exact) mass is 494 g/mol. The molecule has 2 saturated heterocycles. The average molecular weight is 495 g/mol. The van der Waals surface area contributed by atoms with Crippen LogP contribution >= 0.6 is 0 Å². The molecule has 0 spiro atoms. The average Bonchev–Trinajstić information content (AvgIpc) is 2.93. The van der Waals surface area contributed by atoms with Crippen LogP contribution in [-0.4, -0.2) is 62.1 Å². The first-order valence-corrected chi connectivity index (χ1v) is 13.0. The fourth-order valence-corrected chi connectivity index (χ4v) is 5.55. The van der Waals surface area contributed by atoms with E-state index in [2.05, 4.69) is 29.2 Å². The van der Waals surface area contributed by atoms with Gasteiger partial charge in [0, 0.05) is 38.3 Å². The summed E-state index contributed by atoms with van der Waals surface area (Å²) >= 11 is 0. The number of piperidine rings is 2. The highest BCUT2D eigenvalue weighted by Gasteiger charge is 2.37. The molecule has 3 atom stereocenters. The lowest BCUT2D eigenvalue weighted by molar-refractivity contribution is -0.152. The van der Waals surface area contributed by atoms with Crippen molar-refractivity contribution in [2.45, 2.75) is 45.2 Å². The minimum Gasteiger partial charge on any atom is -0.497 e. The lowest BCUT2D eigenvalue weighted by Gasteiger charge is -2.42. The number of amides is 1. The fourth-order valence-electron chi connectivity index (χ4n) is 5.55. The summed E-state index contributed by atoms with van der Waals surface area (Å²) in [5.74, 6) is 1.16. The van der Waals surface area contributed by atoms with E-state index in [1.165, 1.54) is 5.56 Å². The molecule has 2 aromatic rings. The highest BCUT2D eigenvalue weighted by Crippen LogP contribution is 2.36. The van der Waals surface area contributed by atoms with E-state index in [1.807, 2.05) is 36.1 Å². The number of likely N-dealkylation sites (tertiary alicyclic amines) is 2. The second-order valence-corrected chi connectivity index (χ2v) is 9.73. The number of methoxy groups -OCH3 is 2. The Labute approximate surface area is 214 Å². The van der Waals surface area contributed by atoms with Crippen molar-refractivity contribution in [3.8, 4) is 11.5 Å². The molecule has 7 heteroatoms. The number of ether oxygens (including phenoxy) is 3. The van der Waals surface area contributed by atoms with Gasteiger partial charge in [-0.2, -0.15) is 0 Å². The van der Waals surface area contributed by atoms with Crippen LogP contribution in [0.25, 0.3) is 0 Å². The zero-order valence-corrected chi connectivity index (χ0v) is 21.7. The SMILES string of the molecule is CCOC(=O)C1CCCN(C(=O)C2CCC(c3ccccc3)N(Cc3cc(OC)cc(OC)c3)C2)C1. The molecule has 2 aromatic carbocycles. The summed E-state index contributed by atoms with van der Waals surface area (Å²) < 4.78 is 16.2. The summed E-state index contributed by atoms with van der Waals surface area (Å²) in [5, 5.41) is 0. The lowest BCUT2D eigenvalue weighted by atomic mass is 9.87. The third-order valence-electron chi connectivity index (χ3n) is 7.37. The Balaban J connectivity index is 1.52. The molecule has 2 heterocycles. The highest BCUT2D eigenvalue weighted by molar-refractivity contribution is 5.81. The van der Waals surface area contributed by atoms with Gasteiger partial charge in [0.05, 0.1) is 32.7 Å². The van der Waals surface area contributed by atoms with Crippen LogP contribution in [-0.2, 0) is 20.9 Å². The number of esters is 1. The highest BCUT2D eigenvalue weighted by atomic mass is 16.5. The Morgan fingerprint density at radius 1 is 0.917 bits per heavy atom. The number of rotatable bonds is 8. The Morgan fingerprint density at radius 2 is 1.64 bits per heavy atom. The molecule has 0 N–H and O–H groups in total. The summed E-state index contributed by atoms with van der Waals surface area (Å²) in [4.78, 5) is 30.2. The first-order chi connectivity index (χ1) is 17.5. The van der Waals surface area contributed by atoms with Gasteiger partial charge in [-0.25, -0.2) is 0 Å². The van der Waals surface area contributed by atoms with Gasteiger partial charge >= 0.3 is 5.97 Å². The fraction of sp³-hybridized carbons (Fsp3) is 0.517. The number of nitrogens with zero attached hydrogens (tertiary/aromatic N) is 2. The van der Waals surface area contributed by atoms with Crippen molar-refractivity contribution in [3.05, 3.63) is 59.7 Å². The van der Waals surface area contributed by atoms with Gasteiger partial charge in [0.2, 0.25) is 5.91 Å². The largest absolute Gasteiger partial charge is 0.497 e. The molecule has 0 bridgehead atoms. The minimum absolute atomic E-state index is 0.0987. The molecule has 36 heavy (non-hydrogen) atoms. The number of carbonyl (C=O) groups is 2. The van der Waals surface area contributed by atoms with Gasteiger partial charge in [-0.05, 0) is 55.9 Å². The van der Waals surface area contributed by atoms with Crippen molar-refractivity contribution in [2.24, 2.45) is 11.8 Å². The van der Waals surface area contributed by atoms with E-state index in [0.29, 0.717) is 32.8 Å². The third-order valence-corrected chi connectivity index (χ3v) is 7.37. The Bertz CT molecular complexity index is 1010. The van der Waals surface area contributed by atoms with Crippen LogP contribution in [0.1, 0.15) is 49.8 Å². The van der Waals surface area contributed by atoms with Gasteiger partial charge in [0.25, 0.3) is 0 Å². The van der Waals surface area contributed by atoms with Crippen LogP contribution < -0.4 is 9.47 Å². The van der Waals surface area contributed by atoms with Gasteiger partial charge in [0.15, 0.2) is 0 Å². The molecule has 2 aliphatic rings. The first kappa shape index (κ1) is 26.0. The van der Waals surface area contributed by atoms with Gasteiger partial charge in [-0.3, -0.25) is 14.5 Å². The van der Waals surface area contributed by atoms with E-state index in [4.69, 9.17) is 14.2 Å². The molecule has 4 rings (SSSR count). The number of hydrogen-bond donors (Lipinski definition) is 0. The minimum atomic E-state index is -0.219. The summed E-state index contributed by atoms with van der Waals surface area (Å²) in [5.41, 5.74) is 2.35. The lowest BCUT2D eigenvalue weighted by Crippen LogP contribution is -2.49. The summed E-state index contributed by atoms with van der Waals surface area (Å²) in [7, 11) is 3.31. The van der Waals surface area contributed by atoms with Crippen molar-refractivity contribution in [1.29, 1.82) is 0 Å². The maximum atomic E-state index is 13.6. The molecule has 3 unspecified atom stereocenters. The Kier molecular flexibility index (Phi) is 8.86. The predicted molar refractivity (Wildman–Crippen MR) is 138 cm³/mol. The molecule has 194 valence electrons. The van der Waals surface area contributed by atoms with Crippen LogP contribution in [0.15, 0.2) is 48.5 Å². The third kappa shape index (κ3) is 6.19. The van der Waals surface area contributed by atoms with E-state index in [-0.39, 0.29) is 29.8 Å². The molecule has 0 aliphatic carbocycles. The van der Waals surface area contributed by atoms with Crippen molar-refractivity contribution in [2.75, 3.05) is 40.5 Å². The van der Waals surface area contributed by atoms with Crippen LogP contribution in [0.4, 0.5) is 0 Å². The molecule has 1 amide bonds. The Morgan fingerprint density at radius 3 is 2.31 bits per heavy atom. The number of carbonyl (C=O) groups excluding carboxylic acids is 2. The van der Waals surface area contributed by atoms with Crippen LogP contribution in [0.2, 0.25) is 0 Å². The molecular formula is C29H38N2O5. The van der Waals surface area contributed by atoms with Crippen LogP contribution in [0.3, 0.4) is 0 Å². The molecule has 7 nitrogen and oxygen atoms in total. The van der Waals surface area contributed by atoms with Crippen LogP contribution in [0.5, 0.6) is 11.5 Å². The van der Waals surface area contributed by atoms with Gasteiger partial charge in [-0.1, -0.05) is 30.3 Å². The molecule has 2 aliphatic heterocycles. The summed E-state index contributed by atoms with van der Waals surface area (Å²) in [6, 6.07) is 16.7. The van der Waals surface area contributed by atoms with E-state index < -0.39 is 0 Å². The maximum Gasteiger partial charge on any atom is 0.310 e. The van der Waals surface area contributed by atoms with E-state index >= 15 is 0 Å². The Hall–Kier alpha value is -3.06.